The quantitative estimate of drug-likeness (QED) is 0.914. The average molecular weight is 254 g/mol. The fourth-order valence-electron chi connectivity index (χ4n) is 1.94. The summed E-state index contributed by atoms with van der Waals surface area (Å²) in [6.07, 6.45) is 0. The van der Waals surface area contributed by atoms with Crippen molar-refractivity contribution in [1.29, 1.82) is 0 Å². The predicted octanol–water partition coefficient (Wildman–Crippen LogP) is 3.12. The molecule has 0 saturated heterocycles. The van der Waals surface area contributed by atoms with Crippen molar-refractivity contribution in [2.75, 3.05) is 6.54 Å². The Labute approximate surface area is 113 Å². The number of aromatic nitrogens is 1. The molecule has 1 N–H and O–H groups in total. The van der Waals surface area contributed by atoms with Crippen molar-refractivity contribution in [1.82, 2.24) is 10.3 Å². The average Bonchev–Trinajstić information content (AvgIpc) is 2.39. The highest BCUT2D eigenvalue weighted by molar-refractivity contribution is 5.95. The molecule has 2 rings (SSSR count). The molecule has 1 heterocycles. The van der Waals surface area contributed by atoms with Crippen molar-refractivity contribution in [3.8, 4) is 11.3 Å². The summed E-state index contributed by atoms with van der Waals surface area (Å²) in [5, 5.41) is 2.79. The van der Waals surface area contributed by atoms with Gasteiger partial charge in [0, 0.05) is 12.1 Å². The third-order valence-corrected chi connectivity index (χ3v) is 3.02. The Morgan fingerprint density at radius 1 is 1.11 bits per heavy atom. The molecule has 0 aliphatic heterocycles. The number of aryl methyl sites for hydroxylation is 2. The number of carbonyl (C=O) groups excluding carboxylic acids is 1. The molecule has 3 nitrogen and oxygen atoms in total. The Kier molecular flexibility index (Phi) is 3.95. The monoisotopic (exact) mass is 254 g/mol. The molecule has 0 saturated carbocycles. The van der Waals surface area contributed by atoms with Gasteiger partial charge >= 0.3 is 0 Å². The Morgan fingerprint density at radius 3 is 2.37 bits per heavy atom. The van der Waals surface area contributed by atoms with Crippen LogP contribution in [0.25, 0.3) is 11.3 Å². The second kappa shape index (κ2) is 5.65. The van der Waals surface area contributed by atoms with Crippen LogP contribution in [0.1, 0.15) is 28.5 Å². The summed E-state index contributed by atoms with van der Waals surface area (Å²) in [7, 11) is 0. The van der Waals surface area contributed by atoms with Gasteiger partial charge in [-0.25, -0.2) is 0 Å². The SMILES string of the molecule is CCNC(=O)c1ccc(-c2ccc(C)cc2)nc1C. The van der Waals surface area contributed by atoms with Gasteiger partial charge in [-0.15, -0.1) is 0 Å². The fourth-order valence-corrected chi connectivity index (χ4v) is 1.94. The van der Waals surface area contributed by atoms with Crippen LogP contribution in [0.4, 0.5) is 0 Å². The molecular formula is C16H18N2O. The lowest BCUT2D eigenvalue weighted by Gasteiger charge is -2.08. The van der Waals surface area contributed by atoms with Crippen molar-refractivity contribution in [2.24, 2.45) is 0 Å². The van der Waals surface area contributed by atoms with Gasteiger partial charge in [-0.05, 0) is 32.9 Å². The molecule has 0 spiro atoms. The van der Waals surface area contributed by atoms with Gasteiger partial charge in [-0.3, -0.25) is 9.78 Å². The van der Waals surface area contributed by atoms with E-state index in [9.17, 15) is 4.79 Å². The summed E-state index contributed by atoms with van der Waals surface area (Å²) < 4.78 is 0. The zero-order valence-corrected chi connectivity index (χ0v) is 11.5. The zero-order chi connectivity index (χ0) is 13.8. The van der Waals surface area contributed by atoms with E-state index in [1.165, 1.54) is 5.56 Å². The summed E-state index contributed by atoms with van der Waals surface area (Å²) in [5.41, 5.74) is 4.57. The number of amides is 1. The minimum Gasteiger partial charge on any atom is -0.352 e. The van der Waals surface area contributed by atoms with E-state index in [1.807, 2.05) is 38.1 Å². The molecule has 0 aliphatic carbocycles. The van der Waals surface area contributed by atoms with E-state index in [1.54, 1.807) is 0 Å². The minimum atomic E-state index is -0.0667. The van der Waals surface area contributed by atoms with Crippen LogP contribution in [-0.4, -0.2) is 17.4 Å². The Morgan fingerprint density at radius 2 is 1.79 bits per heavy atom. The predicted molar refractivity (Wildman–Crippen MR) is 77.2 cm³/mol. The first kappa shape index (κ1) is 13.3. The zero-order valence-electron chi connectivity index (χ0n) is 11.5. The Bertz CT molecular complexity index is 588. The van der Waals surface area contributed by atoms with Gasteiger partial charge in [0.05, 0.1) is 17.0 Å². The summed E-state index contributed by atoms with van der Waals surface area (Å²) in [4.78, 5) is 16.3. The van der Waals surface area contributed by atoms with Crippen LogP contribution in [0.3, 0.4) is 0 Å². The maximum atomic E-state index is 11.8. The molecule has 19 heavy (non-hydrogen) atoms. The smallest absolute Gasteiger partial charge is 0.253 e. The Balaban J connectivity index is 2.33. The molecule has 1 amide bonds. The maximum Gasteiger partial charge on any atom is 0.253 e. The van der Waals surface area contributed by atoms with E-state index in [0.717, 1.165) is 17.0 Å². The Hall–Kier alpha value is -2.16. The molecular weight excluding hydrogens is 236 g/mol. The summed E-state index contributed by atoms with van der Waals surface area (Å²) in [6, 6.07) is 11.9. The largest absolute Gasteiger partial charge is 0.352 e. The molecule has 98 valence electrons. The second-order valence-corrected chi connectivity index (χ2v) is 4.55. The molecule has 3 heteroatoms. The van der Waals surface area contributed by atoms with E-state index >= 15 is 0 Å². The number of carbonyl (C=O) groups is 1. The number of nitrogens with zero attached hydrogens (tertiary/aromatic N) is 1. The van der Waals surface area contributed by atoms with E-state index in [4.69, 9.17) is 0 Å². The van der Waals surface area contributed by atoms with Crippen LogP contribution in [0.2, 0.25) is 0 Å². The van der Waals surface area contributed by atoms with Gasteiger partial charge < -0.3 is 5.32 Å². The number of hydrogen-bond acceptors (Lipinski definition) is 2. The van der Waals surface area contributed by atoms with Crippen LogP contribution in [0.5, 0.6) is 0 Å². The van der Waals surface area contributed by atoms with Crippen LogP contribution >= 0.6 is 0 Å². The third kappa shape index (κ3) is 2.99. The lowest BCUT2D eigenvalue weighted by atomic mass is 10.1. The second-order valence-electron chi connectivity index (χ2n) is 4.55. The number of nitrogens with one attached hydrogen (secondary N) is 1. The first-order valence-corrected chi connectivity index (χ1v) is 6.44. The molecule has 1 aromatic carbocycles. The van der Waals surface area contributed by atoms with Crippen LogP contribution in [0, 0.1) is 13.8 Å². The summed E-state index contributed by atoms with van der Waals surface area (Å²) >= 11 is 0. The summed E-state index contributed by atoms with van der Waals surface area (Å²) in [5.74, 6) is -0.0667. The fraction of sp³-hybridized carbons (Fsp3) is 0.250. The van der Waals surface area contributed by atoms with Crippen LogP contribution < -0.4 is 5.32 Å². The molecule has 0 aliphatic rings. The highest BCUT2D eigenvalue weighted by atomic mass is 16.1. The lowest BCUT2D eigenvalue weighted by Crippen LogP contribution is -2.23. The molecule has 0 bridgehead atoms. The van der Waals surface area contributed by atoms with E-state index in [0.29, 0.717) is 12.1 Å². The van der Waals surface area contributed by atoms with Crippen LogP contribution in [-0.2, 0) is 0 Å². The highest BCUT2D eigenvalue weighted by Gasteiger charge is 2.10. The third-order valence-electron chi connectivity index (χ3n) is 3.02. The van der Waals surface area contributed by atoms with Crippen molar-refractivity contribution in [3.05, 3.63) is 53.2 Å². The molecule has 1 aromatic heterocycles. The van der Waals surface area contributed by atoms with Gasteiger partial charge in [0.1, 0.15) is 0 Å². The minimum absolute atomic E-state index is 0.0667. The first-order chi connectivity index (χ1) is 9.11. The topological polar surface area (TPSA) is 42.0 Å². The van der Waals surface area contributed by atoms with Gasteiger partial charge in [0.15, 0.2) is 0 Å². The van der Waals surface area contributed by atoms with E-state index in [-0.39, 0.29) is 5.91 Å². The molecule has 0 unspecified atom stereocenters. The maximum absolute atomic E-state index is 11.8. The number of rotatable bonds is 3. The number of benzene rings is 1. The number of pyridine rings is 1. The summed E-state index contributed by atoms with van der Waals surface area (Å²) in [6.45, 7) is 6.45. The van der Waals surface area contributed by atoms with Crippen molar-refractivity contribution >= 4 is 5.91 Å². The number of hydrogen-bond donors (Lipinski definition) is 1. The van der Waals surface area contributed by atoms with Crippen molar-refractivity contribution in [3.63, 3.8) is 0 Å². The lowest BCUT2D eigenvalue weighted by molar-refractivity contribution is 0.0955. The van der Waals surface area contributed by atoms with Gasteiger partial charge in [0.2, 0.25) is 0 Å². The molecule has 0 radical (unpaired) electrons. The first-order valence-electron chi connectivity index (χ1n) is 6.44. The van der Waals surface area contributed by atoms with E-state index in [2.05, 4.69) is 29.4 Å². The van der Waals surface area contributed by atoms with Crippen LogP contribution in [0.15, 0.2) is 36.4 Å². The van der Waals surface area contributed by atoms with Gasteiger partial charge in [-0.1, -0.05) is 29.8 Å². The highest BCUT2D eigenvalue weighted by Crippen LogP contribution is 2.19. The molecule has 2 aromatic rings. The van der Waals surface area contributed by atoms with Gasteiger partial charge in [0.25, 0.3) is 5.91 Å². The molecule has 0 atom stereocenters. The van der Waals surface area contributed by atoms with Crippen molar-refractivity contribution < 1.29 is 4.79 Å². The normalized spacial score (nSPS) is 10.3. The van der Waals surface area contributed by atoms with E-state index < -0.39 is 0 Å². The standard InChI is InChI=1S/C16H18N2O/c1-4-17-16(19)14-9-10-15(18-12(14)3)13-7-5-11(2)6-8-13/h5-10H,4H2,1-3H3,(H,17,19). The van der Waals surface area contributed by atoms with Crippen molar-refractivity contribution in [2.45, 2.75) is 20.8 Å². The molecule has 0 fully saturated rings. The van der Waals surface area contributed by atoms with Gasteiger partial charge in [-0.2, -0.15) is 0 Å².